The first-order valence-electron chi connectivity index (χ1n) is 1.36. The highest BCUT2D eigenvalue weighted by Gasteiger charge is 1.81. The van der Waals surface area contributed by atoms with Crippen molar-refractivity contribution >= 4 is 15.9 Å². The average Bonchev–Trinajstić information content (AvgIpc) is 1.86. The summed E-state index contributed by atoms with van der Waals surface area (Å²) < 4.78 is 4.58. The third kappa shape index (κ3) is 0.597. The van der Waals surface area contributed by atoms with E-state index in [1.165, 1.54) is 6.26 Å². The van der Waals surface area contributed by atoms with Gasteiger partial charge in [0, 0.05) is 15.9 Å². The van der Waals surface area contributed by atoms with E-state index in [4.69, 9.17) is 0 Å². The zero-order valence-electron chi connectivity index (χ0n) is 2.81. The second-order valence-electron chi connectivity index (χ2n) is 0.730. The minimum atomic E-state index is 0.475. The highest BCUT2D eigenvalue weighted by Crippen LogP contribution is 2.00. The monoisotopic (exact) mass is 146 g/mol. The Kier molecular flexibility index (Phi) is 0.919. The summed E-state index contributed by atoms with van der Waals surface area (Å²) in [6.45, 7) is 0. The third-order valence-corrected chi connectivity index (χ3v) is 0.726. The molecule has 0 fully saturated rings. The van der Waals surface area contributed by atoms with Gasteiger partial charge in [0.1, 0.15) is 12.5 Å². The van der Waals surface area contributed by atoms with Crippen molar-refractivity contribution in [1.29, 1.82) is 0 Å². The summed E-state index contributed by atoms with van der Waals surface area (Å²) >= 11 is 2.97. The van der Waals surface area contributed by atoms with Crippen molar-refractivity contribution in [1.82, 2.24) is 4.98 Å². The van der Waals surface area contributed by atoms with Crippen molar-refractivity contribution < 1.29 is 4.42 Å². The molecule has 1 heterocycles. The molecule has 1 aromatic heterocycles. The van der Waals surface area contributed by atoms with E-state index in [1.54, 1.807) is 0 Å². The topological polar surface area (TPSA) is 26.0 Å². The van der Waals surface area contributed by atoms with E-state index in [1.807, 2.05) is 0 Å². The molecule has 6 heavy (non-hydrogen) atoms. The van der Waals surface area contributed by atoms with Gasteiger partial charge in [0.2, 0.25) is 0 Å². The first kappa shape index (κ1) is 3.87. The van der Waals surface area contributed by atoms with Crippen LogP contribution >= 0.6 is 15.9 Å². The van der Waals surface area contributed by atoms with Crippen LogP contribution in [0.15, 0.2) is 15.5 Å². The Balaban J connectivity index is 3.05. The molecule has 0 spiro atoms. The molecule has 0 aliphatic rings. The fourth-order valence-electron chi connectivity index (χ4n) is 0.178. The van der Waals surface area contributed by atoms with Crippen LogP contribution in [0.4, 0.5) is 0 Å². The molecular weight excluding hydrogens is 146 g/mol. The highest BCUT2D eigenvalue weighted by molar-refractivity contribution is 9.10. The Labute approximate surface area is 43.3 Å². The van der Waals surface area contributed by atoms with E-state index >= 15 is 0 Å². The Bertz CT molecular complexity index is 114. The van der Waals surface area contributed by atoms with E-state index in [0.717, 1.165) is 0 Å². The minimum Gasteiger partial charge on any atom is -0.439 e. The summed E-state index contributed by atoms with van der Waals surface area (Å²) in [6, 6.07) is 0. The van der Waals surface area contributed by atoms with Gasteiger partial charge < -0.3 is 4.42 Å². The maximum atomic E-state index is 4.58. The molecule has 0 bridgehead atoms. The van der Waals surface area contributed by atoms with Gasteiger partial charge in [0.05, 0.1) is 0 Å². The lowest BCUT2D eigenvalue weighted by Gasteiger charge is -1.63. The SMILES string of the molecule is Brc1n[c]co1. The maximum Gasteiger partial charge on any atom is 0.264 e. The number of aromatic nitrogens is 1. The number of oxazole rings is 1. The van der Waals surface area contributed by atoms with Crippen molar-refractivity contribution in [2.45, 2.75) is 0 Å². The van der Waals surface area contributed by atoms with Gasteiger partial charge in [-0.05, 0) is 0 Å². The van der Waals surface area contributed by atoms with Gasteiger partial charge in [-0.2, -0.15) is 0 Å². The van der Waals surface area contributed by atoms with Crippen LogP contribution in [0.5, 0.6) is 0 Å². The molecule has 0 aromatic carbocycles. The summed E-state index contributed by atoms with van der Waals surface area (Å²) in [5.41, 5.74) is 0. The minimum absolute atomic E-state index is 0.475. The molecule has 0 atom stereocenters. The molecule has 0 amide bonds. The van der Waals surface area contributed by atoms with Gasteiger partial charge in [0.15, 0.2) is 0 Å². The predicted octanol–water partition coefficient (Wildman–Crippen LogP) is 1.24. The zero-order chi connectivity index (χ0) is 4.41. The van der Waals surface area contributed by atoms with Crippen molar-refractivity contribution in [3.63, 3.8) is 0 Å². The van der Waals surface area contributed by atoms with Crippen molar-refractivity contribution in [3.8, 4) is 0 Å². The molecule has 0 unspecified atom stereocenters. The van der Waals surface area contributed by atoms with Crippen molar-refractivity contribution in [2.24, 2.45) is 0 Å². The molecule has 1 rings (SSSR count). The molecule has 0 saturated carbocycles. The fourth-order valence-corrected chi connectivity index (χ4v) is 0.374. The van der Waals surface area contributed by atoms with Gasteiger partial charge in [-0.25, -0.2) is 4.98 Å². The van der Waals surface area contributed by atoms with E-state index in [9.17, 15) is 0 Å². The average molecular weight is 147 g/mol. The lowest BCUT2D eigenvalue weighted by atomic mass is 11.0. The van der Waals surface area contributed by atoms with Gasteiger partial charge in [-0.15, -0.1) is 0 Å². The number of rotatable bonds is 0. The molecule has 0 saturated heterocycles. The van der Waals surface area contributed by atoms with Crippen LogP contribution in [0.25, 0.3) is 0 Å². The van der Waals surface area contributed by atoms with Crippen LogP contribution in [-0.2, 0) is 0 Å². The second-order valence-corrected chi connectivity index (χ2v) is 1.41. The summed E-state index contributed by atoms with van der Waals surface area (Å²) in [5, 5.41) is 0. The lowest BCUT2D eigenvalue weighted by molar-refractivity contribution is 0.528. The molecule has 0 N–H and O–H groups in total. The summed E-state index contributed by atoms with van der Waals surface area (Å²) in [6.07, 6.45) is 3.84. The van der Waals surface area contributed by atoms with Crippen LogP contribution in [-0.4, -0.2) is 4.98 Å². The molecule has 0 aliphatic carbocycles. The molecule has 1 radical (unpaired) electrons. The molecule has 31 valence electrons. The van der Waals surface area contributed by atoms with Gasteiger partial charge in [-0.3, -0.25) is 0 Å². The zero-order valence-corrected chi connectivity index (χ0v) is 4.40. The number of halogens is 1. The first-order valence-corrected chi connectivity index (χ1v) is 2.16. The van der Waals surface area contributed by atoms with Crippen molar-refractivity contribution in [2.75, 3.05) is 0 Å². The van der Waals surface area contributed by atoms with Gasteiger partial charge in [-0.1, -0.05) is 0 Å². The van der Waals surface area contributed by atoms with Crippen LogP contribution in [0.2, 0.25) is 0 Å². The van der Waals surface area contributed by atoms with E-state index in [-0.39, 0.29) is 0 Å². The molecular formula is C3HBrNO. The molecule has 2 nitrogen and oxygen atoms in total. The smallest absolute Gasteiger partial charge is 0.264 e. The largest absolute Gasteiger partial charge is 0.439 e. The van der Waals surface area contributed by atoms with Gasteiger partial charge >= 0.3 is 0 Å². The summed E-state index contributed by atoms with van der Waals surface area (Å²) in [4.78, 5) is 4.02. The van der Waals surface area contributed by atoms with Crippen LogP contribution in [0.1, 0.15) is 0 Å². The summed E-state index contributed by atoms with van der Waals surface area (Å²) in [5.74, 6) is 0. The maximum absolute atomic E-state index is 4.58. The van der Waals surface area contributed by atoms with Crippen LogP contribution in [0, 0.1) is 6.20 Å². The van der Waals surface area contributed by atoms with Gasteiger partial charge in [0.25, 0.3) is 4.80 Å². The molecule has 0 aliphatic heterocycles. The van der Waals surface area contributed by atoms with Crippen LogP contribution < -0.4 is 0 Å². The normalized spacial score (nSPS) is 8.83. The second kappa shape index (κ2) is 1.43. The summed E-state index contributed by atoms with van der Waals surface area (Å²) in [7, 11) is 0. The Hall–Kier alpha value is -0.310. The Morgan fingerprint density at radius 1 is 2.00 bits per heavy atom. The van der Waals surface area contributed by atoms with Crippen LogP contribution in [0.3, 0.4) is 0 Å². The highest BCUT2D eigenvalue weighted by atomic mass is 79.9. The lowest BCUT2D eigenvalue weighted by Crippen LogP contribution is -1.51. The number of nitrogens with zero attached hydrogens (tertiary/aromatic N) is 1. The molecule has 3 heteroatoms. The number of hydrogen-bond acceptors (Lipinski definition) is 2. The Morgan fingerprint density at radius 3 is 3.00 bits per heavy atom. The third-order valence-electron chi connectivity index (χ3n) is 0.361. The predicted molar refractivity (Wildman–Crippen MR) is 23.0 cm³/mol. The standard InChI is InChI=1S/C3HBrNO/c4-3-5-1-2-6-3/h2H. The van der Waals surface area contributed by atoms with E-state index < -0.39 is 0 Å². The fraction of sp³-hybridized carbons (Fsp3) is 0. The first-order chi connectivity index (χ1) is 2.89. The van der Waals surface area contributed by atoms with E-state index in [0.29, 0.717) is 4.80 Å². The van der Waals surface area contributed by atoms with Crippen molar-refractivity contribution in [3.05, 3.63) is 17.3 Å². The van der Waals surface area contributed by atoms with E-state index in [2.05, 4.69) is 31.5 Å². The quantitative estimate of drug-likeness (QED) is 0.551. The number of hydrogen-bond donors (Lipinski definition) is 0. The Morgan fingerprint density at radius 2 is 2.83 bits per heavy atom. The molecule has 1 aromatic rings.